The van der Waals surface area contributed by atoms with Gasteiger partial charge in [0.1, 0.15) is 0 Å². The molecule has 0 aliphatic heterocycles. The molecule has 0 fully saturated rings. The minimum Gasteiger partial charge on any atom is -0.349 e. The van der Waals surface area contributed by atoms with Gasteiger partial charge in [-0.2, -0.15) is 5.26 Å². The summed E-state index contributed by atoms with van der Waals surface area (Å²) in [5.41, 5.74) is 0. The molecule has 0 aromatic heterocycles. The fraction of sp³-hybridized carbons (Fsp3) is 0.722. The van der Waals surface area contributed by atoms with Gasteiger partial charge >= 0.3 is 0 Å². The third-order valence-corrected chi connectivity index (χ3v) is 3.03. The van der Waals surface area contributed by atoms with Crippen LogP contribution >= 0.6 is 0 Å². The molecule has 0 aliphatic rings. The maximum Gasteiger partial charge on any atom is 0.159 e. The Morgan fingerprint density at radius 2 is 1.43 bits per heavy atom. The first-order valence-electron chi connectivity index (χ1n) is 8.25. The topological polar surface area (TPSA) is 42.2 Å². The maximum atomic E-state index is 8.66. The van der Waals surface area contributed by atoms with Gasteiger partial charge < -0.3 is 9.47 Å². The largest absolute Gasteiger partial charge is 0.349 e. The van der Waals surface area contributed by atoms with E-state index in [2.05, 4.69) is 32.1 Å². The second kappa shape index (κ2) is 16.9. The standard InChI is InChI=1S/C18H31NO2/c1-3-5-7-9-11-16-20-18(14-13-15-19)21-17-12-10-8-6-4-2/h9-12,18H,3-8,13-14,16-17H2,1-2H3/b11-9+,12-10+. The summed E-state index contributed by atoms with van der Waals surface area (Å²) in [4.78, 5) is 0. The molecule has 0 saturated carbocycles. The lowest BCUT2D eigenvalue weighted by Crippen LogP contribution is -2.17. The van der Waals surface area contributed by atoms with Crippen LogP contribution < -0.4 is 0 Å². The second-order valence-electron chi connectivity index (χ2n) is 5.02. The summed E-state index contributed by atoms with van der Waals surface area (Å²) in [6.07, 6.45) is 16.2. The van der Waals surface area contributed by atoms with Gasteiger partial charge in [-0.05, 0) is 12.8 Å². The SMILES string of the molecule is CCCC/C=C/COC(CCC#N)OC/C=C/CCCC. The molecule has 0 saturated heterocycles. The van der Waals surface area contributed by atoms with Crippen LogP contribution in [0.4, 0.5) is 0 Å². The van der Waals surface area contributed by atoms with Gasteiger partial charge in [-0.3, -0.25) is 0 Å². The smallest absolute Gasteiger partial charge is 0.159 e. The van der Waals surface area contributed by atoms with Crippen LogP contribution in [-0.4, -0.2) is 19.5 Å². The van der Waals surface area contributed by atoms with E-state index in [1.165, 1.54) is 25.7 Å². The van der Waals surface area contributed by atoms with Crippen LogP contribution in [0.25, 0.3) is 0 Å². The molecule has 0 atom stereocenters. The van der Waals surface area contributed by atoms with E-state index in [1.807, 2.05) is 12.2 Å². The highest BCUT2D eigenvalue weighted by molar-refractivity contribution is 4.83. The average molecular weight is 293 g/mol. The van der Waals surface area contributed by atoms with E-state index in [4.69, 9.17) is 14.7 Å². The number of allylic oxidation sites excluding steroid dienone is 2. The van der Waals surface area contributed by atoms with Gasteiger partial charge in [0.15, 0.2) is 6.29 Å². The maximum absolute atomic E-state index is 8.66. The number of hydrogen-bond acceptors (Lipinski definition) is 3. The van der Waals surface area contributed by atoms with Crippen molar-refractivity contribution in [2.24, 2.45) is 0 Å². The first kappa shape index (κ1) is 19.9. The molecule has 0 spiro atoms. The molecule has 3 heteroatoms. The summed E-state index contributed by atoms with van der Waals surface area (Å²) in [7, 11) is 0. The third kappa shape index (κ3) is 15.1. The molecule has 0 N–H and O–H groups in total. The lowest BCUT2D eigenvalue weighted by Gasteiger charge is -2.15. The molecule has 0 heterocycles. The Hall–Kier alpha value is -1.11. The number of unbranched alkanes of at least 4 members (excludes halogenated alkanes) is 4. The predicted molar refractivity (Wildman–Crippen MR) is 87.9 cm³/mol. The number of ether oxygens (including phenoxy) is 2. The minimum atomic E-state index is -0.281. The van der Waals surface area contributed by atoms with Crippen LogP contribution in [0.5, 0.6) is 0 Å². The summed E-state index contributed by atoms with van der Waals surface area (Å²) in [6, 6.07) is 2.14. The van der Waals surface area contributed by atoms with Gasteiger partial charge in [0.25, 0.3) is 0 Å². The van der Waals surface area contributed by atoms with Crippen LogP contribution in [0.3, 0.4) is 0 Å². The minimum absolute atomic E-state index is 0.281. The Bertz CT molecular complexity index is 283. The van der Waals surface area contributed by atoms with Gasteiger partial charge in [-0.15, -0.1) is 0 Å². The molecule has 0 rings (SSSR count). The highest BCUT2D eigenvalue weighted by Gasteiger charge is 2.07. The molecular formula is C18H31NO2. The molecule has 120 valence electrons. The van der Waals surface area contributed by atoms with E-state index in [0.717, 1.165) is 12.8 Å². The molecule has 21 heavy (non-hydrogen) atoms. The van der Waals surface area contributed by atoms with E-state index >= 15 is 0 Å². The highest BCUT2D eigenvalue weighted by atomic mass is 16.7. The zero-order valence-corrected chi connectivity index (χ0v) is 13.7. The van der Waals surface area contributed by atoms with Crippen molar-refractivity contribution >= 4 is 0 Å². The molecule has 0 bridgehead atoms. The van der Waals surface area contributed by atoms with Crippen molar-refractivity contribution in [1.29, 1.82) is 5.26 Å². The average Bonchev–Trinajstić information content (AvgIpc) is 2.50. The zero-order valence-electron chi connectivity index (χ0n) is 13.7. The van der Waals surface area contributed by atoms with E-state index in [0.29, 0.717) is 26.1 Å². The number of hydrogen-bond donors (Lipinski definition) is 0. The first-order chi connectivity index (χ1) is 10.3. The van der Waals surface area contributed by atoms with Crippen LogP contribution in [-0.2, 0) is 9.47 Å². The van der Waals surface area contributed by atoms with Crippen molar-refractivity contribution in [1.82, 2.24) is 0 Å². The van der Waals surface area contributed by atoms with E-state index < -0.39 is 0 Å². The number of rotatable bonds is 14. The molecular weight excluding hydrogens is 262 g/mol. The van der Waals surface area contributed by atoms with Crippen molar-refractivity contribution in [3.63, 3.8) is 0 Å². The normalized spacial score (nSPS) is 11.7. The van der Waals surface area contributed by atoms with Crippen LogP contribution in [0.1, 0.15) is 65.2 Å². The van der Waals surface area contributed by atoms with E-state index in [1.54, 1.807) is 0 Å². The summed E-state index contributed by atoms with van der Waals surface area (Å²) in [6.45, 7) is 5.48. The van der Waals surface area contributed by atoms with Gasteiger partial charge in [0, 0.05) is 12.8 Å². The predicted octanol–water partition coefficient (Wildman–Crippen LogP) is 5.14. The monoisotopic (exact) mass is 293 g/mol. The van der Waals surface area contributed by atoms with Gasteiger partial charge in [0.05, 0.1) is 19.3 Å². The molecule has 0 unspecified atom stereocenters. The number of nitrogens with zero attached hydrogens (tertiary/aromatic N) is 1. The lowest BCUT2D eigenvalue weighted by molar-refractivity contribution is -0.129. The molecule has 0 aromatic carbocycles. The van der Waals surface area contributed by atoms with Gasteiger partial charge in [-0.1, -0.05) is 63.8 Å². The van der Waals surface area contributed by atoms with Crippen molar-refractivity contribution in [2.75, 3.05) is 13.2 Å². The first-order valence-corrected chi connectivity index (χ1v) is 8.25. The Morgan fingerprint density at radius 1 is 0.905 bits per heavy atom. The zero-order chi connectivity index (χ0) is 15.6. The summed E-state index contributed by atoms with van der Waals surface area (Å²) < 4.78 is 11.3. The Morgan fingerprint density at radius 3 is 1.86 bits per heavy atom. The van der Waals surface area contributed by atoms with Gasteiger partial charge in [-0.25, -0.2) is 0 Å². The van der Waals surface area contributed by atoms with Crippen LogP contribution in [0, 0.1) is 11.3 Å². The fourth-order valence-electron chi connectivity index (χ4n) is 1.74. The van der Waals surface area contributed by atoms with Crippen LogP contribution in [0.15, 0.2) is 24.3 Å². The lowest BCUT2D eigenvalue weighted by atomic mass is 10.2. The van der Waals surface area contributed by atoms with E-state index in [9.17, 15) is 0 Å². The van der Waals surface area contributed by atoms with Crippen molar-refractivity contribution in [3.05, 3.63) is 24.3 Å². The van der Waals surface area contributed by atoms with Gasteiger partial charge in [0.2, 0.25) is 0 Å². The highest BCUT2D eigenvalue weighted by Crippen LogP contribution is 2.05. The van der Waals surface area contributed by atoms with Crippen molar-refractivity contribution < 1.29 is 9.47 Å². The Kier molecular flexibility index (Phi) is 16.0. The van der Waals surface area contributed by atoms with Crippen molar-refractivity contribution in [3.8, 4) is 6.07 Å². The quantitative estimate of drug-likeness (QED) is 0.253. The Balaban J connectivity index is 3.83. The summed E-state index contributed by atoms with van der Waals surface area (Å²) in [5.74, 6) is 0. The van der Waals surface area contributed by atoms with Crippen molar-refractivity contribution in [2.45, 2.75) is 71.5 Å². The molecule has 0 aromatic rings. The van der Waals surface area contributed by atoms with E-state index in [-0.39, 0.29) is 6.29 Å². The molecule has 0 amide bonds. The van der Waals surface area contributed by atoms with Crippen LogP contribution in [0.2, 0.25) is 0 Å². The third-order valence-electron chi connectivity index (χ3n) is 3.03. The fourth-order valence-corrected chi connectivity index (χ4v) is 1.74. The molecule has 3 nitrogen and oxygen atoms in total. The number of nitriles is 1. The second-order valence-corrected chi connectivity index (χ2v) is 5.02. The summed E-state index contributed by atoms with van der Waals surface area (Å²) >= 11 is 0. The Labute approximate surface area is 130 Å². The molecule has 0 radical (unpaired) electrons. The molecule has 0 aliphatic carbocycles. The summed E-state index contributed by atoms with van der Waals surface area (Å²) in [5, 5.41) is 8.66.